The van der Waals surface area contributed by atoms with E-state index in [1.165, 1.54) is 18.2 Å². The Labute approximate surface area is 91.1 Å². The Morgan fingerprint density at radius 1 is 1.38 bits per heavy atom. The van der Waals surface area contributed by atoms with Crippen LogP contribution in [-0.2, 0) is 6.42 Å². The highest BCUT2D eigenvalue weighted by Gasteiger charge is 2.07. The molecule has 0 amide bonds. The van der Waals surface area contributed by atoms with Crippen LogP contribution in [-0.4, -0.2) is 10.2 Å². The third-order valence-electron chi connectivity index (χ3n) is 2.21. The highest BCUT2D eigenvalue weighted by Crippen LogP contribution is 2.22. The molecule has 2 aromatic rings. The molecule has 0 saturated carbocycles. The summed E-state index contributed by atoms with van der Waals surface area (Å²) in [6.45, 7) is 3.38. The largest absolute Gasteiger partial charge is 0.513 e. The Morgan fingerprint density at radius 3 is 2.81 bits per heavy atom. The summed E-state index contributed by atoms with van der Waals surface area (Å²) in [5.41, 5.74) is 0.400. The van der Waals surface area contributed by atoms with Crippen molar-refractivity contribution in [1.29, 1.82) is 0 Å². The van der Waals surface area contributed by atoms with Gasteiger partial charge in [0.1, 0.15) is 11.3 Å². The van der Waals surface area contributed by atoms with E-state index in [0.29, 0.717) is 16.5 Å². The van der Waals surface area contributed by atoms with Crippen molar-refractivity contribution < 1.29 is 14.6 Å². The number of hydrogen-bond acceptors (Lipinski definition) is 4. The first-order chi connectivity index (χ1) is 7.56. The Kier molecular flexibility index (Phi) is 2.40. The normalized spacial score (nSPS) is 10.5. The van der Waals surface area contributed by atoms with Crippen LogP contribution in [0.2, 0.25) is 0 Å². The third kappa shape index (κ3) is 1.91. The van der Waals surface area contributed by atoms with E-state index >= 15 is 0 Å². The molecule has 0 saturated heterocycles. The molecule has 0 unspecified atom stereocenters. The molecule has 1 aromatic heterocycles. The van der Waals surface area contributed by atoms with Crippen molar-refractivity contribution in [2.24, 2.45) is 0 Å². The Hall–Kier alpha value is -2.23. The number of aliphatic hydroxyl groups is 1. The van der Waals surface area contributed by atoms with E-state index in [9.17, 15) is 9.90 Å². The van der Waals surface area contributed by atoms with Gasteiger partial charge in [-0.1, -0.05) is 6.58 Å². The zero-order valence-corrected chi connectivity index (χ0v) is 8.43. The van der Waals surface area contributed by atoms with Crippen LogP contribution in [0.5, 0.6) is 5.75 Å². The fourth-order valence-electron chi connectivity index (χ4n) is 1.58. The lowest BCUT2D eigenvalue weighted by Gasteiger charge is -2.04. The minimum atomic E-state index is -0.519. The monoisotopic (exact) mass is 218 g/mol. The summed E-state index contributed by atoms with van der Waals surface area (Å²) in [7, 11) is 0. The second-order valence-electron chi connectivity index (χ2n) is 3.51. The summed E-state index contributed by atoms with van der Waals surface area (Å²) in [4.78, 5) is 11.2. The Bertz CT molecular complexity index is 610. The number of benzene rings is 1. The predicted molar refractivity (Wildman–Crippen MR) is 59.6 cm³/mol. The summed E-state index contributed by atoms with van der Waals surface area (Å²) in [5.74, 6) is -0.00407. The lowest BCUT2D eigenvalue weighted by molar-refractivity contribution is 0.401. The predicted octanol–water partition coefficient (Wildman–Crippen LogP) is 2.11. The Balaban J connectivity index is 2.72. The topological polar surface area (TPSA) is 70.7 Å². The molecular formula is C12H10O4. The molecule has 2 rings (SSSR count). The molecular weight excluding hydrogens is 208 g/mol. The van der Waals surface area contributed by atoms with Crippen LogP contribution in [0.25, 0.3) is 11.0 Å². The molecule has 0 spiro atoms. The van der Waals surface area contributed by atoms with Crippen molar-refractivity contribution >= 4 is 11.0 Å². The van der Waals surface area contributed by atoms with E-state index in [2.05, 4.69) is 6.58 Å². The molecule has 0 aliphatic heterocycles. The lowest BCUT2D eigenvalue weighted by Crippen LogP contribution is -2.01. The van der Waals surface area contributed by atoms with Crippen LogP contribution < -0.4 is 5.63 Å². The quantitative estimate of drug-likeness (QED) is 0.598. The number of aliphatic hydroxyl groups excluding tert-OH is 1. The van der Waals surface area contributed by atoms with Crippen molar-refractivity contribution in [3.63, 3.8) is 0 Å². The second-order valence-corrected chi connectivity index (χ2v) is 3.51. The van der Waals surface area contributed by atoms with Crippen LogP contribution in [0.1, 0.15) is 5.56 Å². The lowest BCUT2D eigenvalue weighted by atomic mass is 10.1. The standard InChI is InChI=1S/C12H10O4/c1-7(13)4-8-5-12(15)16-11-6-9(14)2-3-10(8)11/h2-3,5-6,13-14H,1,4H2. The van der Waals surface area contributed by atoms with Gasteiger partial charge in [-0.2, -0.15) is 0 Å². The zero-order valence-electron chi connectivity index (χ0n) is 8.43. The van der Waals surface area contributed by atoms with Gasteiger partial charge < -0.3 is 14.6 Å². The molecule has 1 heterocycles. The van der Waals surface area contributed by atoms with Crippen LogP contribution >= 0.6 is 0 Å². The maximum Gasteiger partial charge on any atom is 0.336 e. The van der Waals surface area contributed by atoms with Crippen LogP contribution in [0.15, 0.2) is 45.8 Å². The van der Waals surface area contributed by atoms with Gasteiger partial charge in [0.05, 0.1) is 5.76 Å². The molecule has 1 aromatic carbocycles. The highest BCUT2D eigenvalue weighted by molar-refractivity contribution is 5.81. The molecule has 16 heavy (non-hydrogen) atoms. The van der Waals surface area contributed by atoms with Crippen LogP contribution in [0, 0.1) is 0 Å². The van der Waals surface area contributed by atoms with Crippen LogP contribution in [0.3, 0.4) is 0 Å². The molecule has 0 fully saturated rings. The smallest absolute Gasteiger partial charge is 0.336 e. The molecule has 0 aliphatic carbocycles. The molecule has 2 N–H and O–H groups in total. The van der Waals surface area contributed by atoms with Gasteiger partial charge in [-0.15, -0.1) is 0 Å². The first-order valence-electron chi connectivity index (χ1n) is 4.69. The fourth-order valence-corrected chi connectivity index (χ4v) is 1.58. The minimum Gasteiger partial charge on any atom is -0.513 e. The number of phenols is 1. The number of allylic oxidation sites excluding steroid dienone is 1. The van der Waals surface area contributed by atoms with Gasteiger partial charge in [-0.05, 0) is 17.7 Å². The fraction of sp³-hybridized carbons (Fsp3) is 0.0833. The van der Waals surface area contributed by atoms with Crippen molar-refractivity contribution in [3.05, 3.63) is 52.6 Å². The SMILES string of the molecule is C=C(O)Cc1cc(=O)oc2cc(O)ccc12. The van der Waals surface area contributed by atoms with E-state index in [1.54, 1.807) is 6.07 Å². The van der Waals surface area contributed by atoms with Gasteiger partial charge in [0, 0.05) is 23.9 Å². The third-order valence-corrected chi connectivity index (χ3v) is 2.21. The first kappa shape index (κ1) is 10.3. The number of aromatic hydroxyl groups is 1. The average Bonchev–Trinajstić information content (AvgIpc) is 2.15. The van der Waals surface area contributed by atoms with E-state index < -0.39 is 5.63 Å². The number of rotatable bonds is 2. The number of fused-ring (bicyclic) bond motifs is 1. The van der Waals surface area contributed by atoms with Crippen LogP contribution in [0.4, 0.5) is 0 Å². The van der Waals surface area contributed by atoms with Crippen molar-refractivity contribution in [2.45, 2.75) is 6.42 Å². The van der Waals surface area contributed by atoms with Gasteiger partial charge in [0.15, 0.2) is 0 Å². The van der Waals surface area contributed by atoms with E-state index in [-0.39, 0.29) is 17.9 Å². The first-order valence-corrected chi connectivity index (χ1v) is 4.69. The summed E-state index contributed by atoms with van der Waals surface area (Å²) >= 11 is 0. The second kappa shape index (κ2) is 3.73. The summed E-state index contributed by atoms with van der Waals surface area (Å²) < 4.78 is 4.94. The maximum absolute atomic E-state index is 11.2. The van der Waals surface area contributed by atoms with Gasteiger partial charge in [-0.3, -0.25) is 0 Å². The zero-order chi connectivity index (χ0) is 11.7. The number of phenolic OH excluding ortho intramolecular Hbond substituents is 1. The highest BCUT2D eigenvalue weighted by atomic mass is 16.4. The van der Waals surface area contributed by atoms with Gasteiger partial charge >= 0.3 is 5.63 Å². The maximum atomic E-state index is 11.2. The minimum absolute atomic E-state index is 0.0237. The van der Waals surface area contributed by atoms with Gasteiger partial charge in [0.2, 0.25) is 0 Å². The van der Waals surface area contributed by atoms with E-state index in [4.69, 9.17) is 9.52 Å². The number of hydrogen-bond donors (Lipinski definition) is 2. The van der Waals surface area contributed by atoms with Crippen molar-refractivity contribution in [1.82, 2.24) is 0 Å². The van der Waals surface area contributed by atoms with E-state index in [0.717, 1.165) is 0 Å². The Morgan fingerprint density at radius 2 is 2.12 bits per heavy atom. The molecule has 4 nitrogen and oxygen atoms in total. The molecule has 4 heteroatoms. The molecule has 82 valence electrons. The van der Waals surface area contributed by atoms with Gasteiger partial charge in [-0.25, -0.2) is 4.79 Å². The summed E-state index contributed by atoms with van der Waals surface area (Å²) in [6, 6.07) is 5.79. The van der Waals surface area contributed by atoms with Crippen molar-refractivity contribution in [2.75, 3.05) is 0 Å². The molecule has 0 atom stereocenters. The summed E-state index contributed by atoms with van der Waals surface area (Å²) in [6.07, 6.45) is 0.187. The van der Waals surface area contributed by atoms with Crippen molar-refractivity contribution in [3.8, 4) is 5.75 Å². The molecule has 0 bridgehead atoms. The average molecular weight is 218 g/mol. The molecule has 0 radical (unpaired) electrons. The summed E-state index contributed by atoms with van der Waals surface area (Å²) in [5, 5.41) is 19.1. The van der Waals surface area contributed by atoms with Gasteiger partial charge in [0.25, 0.3) is 0 Å². The molecule has 0 aliphatic rings. The van der Waals surface area contributed by atoms with E-state index in [1.807, 2.05) is 0 Å².